The monoisotopic (exact) mass is 586 g/mol. The SMILES string of the molecule is C=CC(=O)OCOc1ccc(OC(=O)c2ccc(C(=O)Oc3ccc(OCOC(=O)C=C)cc3Cl)cc2)c(Cl)c1. The van der Waals surface area contributed by atoms with Crippen molar-refractivity contribution in [3.8, 4) is 23.0 Å². The first-order valence-electron chi connectivity index (χ1n) is 11.2. The van der Waals surface area contributed by atoms with Gasteiger partial charge in [0.2, 0.25) is 13.6 Å². The zero-order valence-electron chi connectivity index (χ0n) is 20.6. The lowest BCUT2D eigenvalue weighted by molar-refractivity contribution is -0.145. The summed E-state index contributed by atoms with van der Waals surface area (Å²) in [6, 6.07) is 14.0. The van der Waals surface area contributed by atoms with Gasteiger partial charge in [-0.25, -0.2) is 19.2 Å². The number of hydrogen-bond donors (Lipinski definition) is 0. The molecule has 0 aromatic heterocycles. The van der Waals surface area contributed by atoms with Crippen molar-refractivity contribution < 1.29 is 47.6 Å². The third-order valence-corrected chi connectivity index (χ3v) is 5.35. The van der Waals surface area contributed by atoms with Crippen LogP contribution in [0, 0.1) is 0 Å². The molecule has 40 heavy (non-hydrogen) atoms. The second kappa shape index (κ2) is 14.4. The van der Waals surface area contributed by atoms with Crippen LogP contribution >= 0.6 is 23.2 Å². The minimum absolute atomic E-state index is 0.0616. The van der Waals surface area contributed by atoms with E-state index in [0.717, 1.165) is 12.2 Å². The van der Waals surface area contributed by atoms with Gasteiger partial charge in [0.15, 0.2) is 0 Å². The van der Waals surface area contributed by atoms with Crippen LogP contribution in [0.5, 0.6) is 23.0 Å². The van der Waals surface area contributed by atoms with Crippen LogP contribution in [0.4, 0.5) is 0 Å². The molecular formula is C28H20Cl2O10. The summed E-state index contributed by atoms with van der Waals surface area (Å²) in [7, 11) is 0. The number of esters is 4. The van der Waals surface area contributed by atoms with E-state index < -0.39 is 23.9 Å². The Morgan fingerprint density at radius 1 is 0.625 bits per heavy atom. The Labute approximate surface area is 238 Å². The predicted octanol–water partition coefficient (Wildman–Crippen LogP) is 5.56. The number of carbonyl (C=O) groups excluding carboxylic acids is 4. The summed E-state index contributed by atoms with van der Waals surface area (Å²) >= 11 is 12.3. The van der Waals surface area contributed by atoms with E-state index in [1.165, 1.54) is 60.7 Å². The smallest absolute Gasteiger partial charge is 0.343 e. The molecule has 0 N–H and O–H groups in total. The van der Waals surface area contributed by atoms with Crippen LogP contribution in [0.3, 0.4) is 0 Å². The van der Waals surface area contributed by atoms with E-state index in [0.29, 0.717) is 0 Å². The molecule has 0 saturated heterocycles. The Balaban J connectivity index is 1.55. The molecule has 10 nitrogen and oxygen atoms in total. The Morgan fingerprint density at radius 3 is 1.32 bits per heavy atom. The minimum Gasteiger partial charge on any atom is -0.457 e. The van der Waals surface area contributed by atoms with Crippen molar-refractivity contribution in [2.75, 3.05) is 13.6 Å². The molecule has 12 heteroatoms. The molecule has 3 aromatic carbocycles. The average Bonchev–Trinajstić information content (AvgIpc) is 2.95. The highest BCUT2D eigenvalue weighted by Crippen LogP contribution is 2.31. The highest BCUT2D eigenvalue weighted by Gasteiger charge is 2.16. The molecular weight excluding hydrogens is 567 g/mol. The molecule has 3 aromatic rings. The Bertz CT molecular complexity index is 1330. The van der Waals surface area contributed by atoms with Gasteiger partial charge in [-0.15, -0.1) is 0 Å². The third kappa shape index (κ3) is 8.62. The lowest BCUT2D eigenvalue weighted by Crippen LogP contribution is -2.12. The summed E-state index contributed by atoms with van der Waals surface area (Å²) in [5, 5.41) is 0.152. The molecule has 0 atom stereocenters. The fourth-order valence-electron chi connectivity index (χ4n) is 2.80. The van der Waals surface area contributed by atoms with E-state index in [4.69, 9.17) is 51.6 Å². The molecule has 0 saturated carbocycles. The third-order valence-electron chi connectivity index (χ3n) is 4.76. The van der Waals surface area contributed by atoms with E-state index in [-0.39, 0.29) is 57.8 Å². The lowest BCUT2D eigenvalue weighted by atomic mass is 10.1. The van der Waals surface area contributed by atoms with E-state index in [2.05, 4.69) is 13.2 Å². The van der Waals surface area contributed by atoms with Crippen molar-refractivity contribution >= 4 is 47.1 Å². The molecule has 0 heterocycles. The average molecular weight is 587 g/mol. The molecule has 0 amide bonds. The molecule has 0 unspecified atom stereocenters. The molecule has 0 aliphatic rings. The Morgan fingerprint density at radius 2 is 1.00 bits per heavy atom. The summed E-state index contributed by atoms with van der Waals surface area (Å²) in [5.41, 5.74) is 0.280. The number of benzene rings is 3. The van der Waals surface area contributed by atoms with Gasteiger partial charge in [0.1, 0.15) is 23.0 Å². The van der Waals surface area contributed by atoms with Gasteiger partial charge in [0.05, 0.1) is 21.2 Å². The van der Waals surface area contributed by atoms with Gasteiger partial charge in [-0.2, -0.15) is 0 Å². The van der Waals surface area contributed by atoms with Gasteiger partial charge in [-0.05, 0) is 48.5 Å². The maximum atomic E-state index is 12.6. The van der Waals surface area contributed by atoms with Crippen molar-refractivity contribution in [2.45, 2.75) is 0 Å². The van der Waals surface area contributed by atoms with Crippen LogP contribution in [0.1, 0.15) is 20.7 Å². The minimum atomic E-state index is -0.729. The molecule has 0 bridgehead atoms. The fraction of sp³-hybridized carbons (Fsp3) is 0.0714. The van der Waals surface area contributed by atoms with Gasteiger partial charge in [-0.1, -0.05) is 36.4 Å². The summed E-state index contributed by atoms with van der Waals surface area (Å²) in [6.07, 6.45) is 1.99. The van der Waals surface area contributed by atoms with Crippen molar-refractivity contribution in [3.05, 3.63) is 107 Å². The zero-order chi connectivity index (χ0) is 29.1. The van der Waals surface area contributed by atoms with Crippen LogP contribution in [-0.2, 0) is 19.1 Å². The van der Waals surface area contributed by atoms with E-state index >= 15 is 0 Å². The second-order valence-electron chi connectivity index (χ2n) is 7.40. The van der Waals surface area contributed by atoms with Crippen molar-refractivity contribution in [1.29, 1.82) is 0 Å². The van der Waals surface area contributed by atoms with E-state index in [1.54, 1.807) is 0 Å². The van der Waals surface area contributed by atoms with E-state index in [1.807, 2.05) is 0 Å². The lowest BCUT2D eigenvalue weighted by Gasteiger charge is -2.10. The summed E-state index contributed by atoms with van der Waals surface area (Å²) < 4.78 is 30.5. The first-order valence-corrected chi connectivity index (χ1v) is 11.9. The predicted molar refractivity (Wildman–Crippen MR) is 143 cm³/mol. The van der Waals surface area contributed by atoms with Crippen LogP contribution < -0.4 is 18.9 Å². The highest BCUT2D eigenvalue weighted by atomic mass is 35.5. The number of hydrogen-bond acceptors (Lipinski definition) is 10. The second-order valence-corrected chi connectivity index (χ2v) is 8.21. The van der Waals surface area contributed by atoms with E-state index in [9.17, 15) is 19.2 Å². The van der Waals surface area contributed by atoms with Gasteiger partial charge in [0.25, 0.3) is 0 Å². The van der Waals surface area contributed by atoms with Gasteiger partial charge >= 0.3 is 23.9 Å². The van der Waals surface area contributed by atoms with Gasteiger partial charge in [-0.3, -0.25) is 0 Å². The molecule has 0 aliphatic heterocycles. The first kappa shape index (κ1) is 29.8. The van der Waals surface area contributed by atoms with Crippen LogP contribution in [-0.4, -0.2) is 37.5 Å². The molecule has 3 rings (SSSR count). The molecule has 0 fully saturated rings. The Kier molecular flexibility index (Phi) is 10.7. The largest absolute Gasteiger partial charge is 0.457 e. The van der Waals surface area contributed by atoms with Crippen molar-refractivity contribution in [3.63, 3.8) is 0 Å². The molecule has 0 aliphatic carbocycles. The summed E-state index contributed by atoms with van der Waals surface area (Å²) in [5.74, 6) is -2.07. The highest BCUT2D eigenvalue weighted by molar-refractivity contribution is 6.32. The standard InChI is InChI=1S/C28H20Cl2O10/c1-3-25(31)37-15-35-19-9-11-23(21(29)13-19)39-27(33)17-5-7-18(8-6-17)28(34)40-24-12-10-20(14-22(24)30)36-16-38-26(32)4-2/h3-14H,1-2,15-16H2. The number of rotatable bonds is 12. The Hall–Kier alpha value is -4.80. The first-order chi connectivity index (χ1) is 19.2. The van der Waals surface area contributed by atoms with Crippen molar-refractivity contribution in [1.82, 2.24) is 0 Å². The van der Waals surface area contributed by atoms with Crippen molar-refractivity contribution in [2.24, 2.45) is 0 Å². The number of halogens is 2. The number of ether oxygens (including phenoxy) is 6. The topological polar surface area (TPSA) is 124 Å². The van der Waals surface area contributed by atoms with Crippen LogP contribution in [0.25, 0.3) is 0 Å². The quantitative estimate of drug-likeness (QED) is 0.115. The number of carbonyl (C=O) groups is 4. The maximum absolute atomic E-state index is 12.6. The van der Waals surface area contributed by atoms with Gasteiger partial charge < -0.3 is 28.4 Å². The summed E-state index contributed by atoms with van der Waals surface area (Å²) in [4.78, 5) is 47.2. The molecule has 0 spiro atoms. The normalized spacial score (nSPS) is 10.1. The molecule has 206 valence electrons. The maximum Gasteiger partial charge on any atom is 0.343 e. The van der Waals surface area contributed by atoms with Crippen LogP contribution in [0.15, 0.2) is 86.0 Å². The van der Waals surface area contributed by atoms with Crippen LogP contribution in [0.2, 0.25) is 10.0 Å². The zero-order valence-corrected chi connectivity index (χ0v) is 22.1. The molecule has 0 radical (unpaired) electrons. The van der Waals surface area contributed by atoms with Gasteiger partial charge in [0, 0.05) is 24.3 Å². The fourth-order valence-corrected chi connectivity index (χ4v) is 3.22. The summed E-state index contributed by atoms with van der Waals surface area (Å²) in [6.45, 7) is 5.84.